The molecule has 39 heavy (non-hydrogen) atoms. The van der Waals surface area contributed by atoms with E-state index >= 15 is 0 Å². The van der Waals surface area contributed by atoms with Crippen molar-refractivity contribution in [3.05, 3.63) is 35.7 Å². The van der Waals surface area contributed by atoms with Crippen LogP contribution in [0.2, 0.25) is 0 Å². The number of sulfone groups is 1. The molecule has 4 heterocycles. The first-order valence-corrected chi connectivity index (χ1v) is 16.0. The van der Waals surface area contributed by atoms with Crippen LogP contribution in [-0.2, 0) is 9.84 Å². The third-order valence-electron chi connectivity index (χ3n) is 7.14. The summed E-state index contributed by atoms with van der Waals surface area (Å²) < 4.78 is 38.5. The monoisotopic (exact) mass is 575 g/mol. The molecule has 212 valence electrons. The largest absolute Gasteiger partial charge is 0.467 e. The Balaban J connectivity index is 1.23. The van der Waals surface area contributed by atoms with E-state index in [2.05, 4.69) is 31.4 Å². The summed E-state index contributed by atoms with van der Waals surface area (Å²) in [6.45, 7) is 9.48. The quantitative estimate of drug-likeness (QED) is 0.384. The van der Waals surface area contributed by atoms with Crippen LogP contribution in [-0.4, -0.2) is 71.1 Å². The van der Waals surface area contributed by atoms with Gasteiger partial charge < -0.3 is 19.3 Å². The fraction of sp³-hybridized carbons (Fsp3) is 0.593. The molecule has 2 aromatic heterocycles. The Hall–Kier alpha value is -2.54. The van der Waals surface area contributed by atoms with Crippen LogP contribution in [0.3, 0.4) is 0 Å². The summed E-state index contributed by atoms with van der Waals surface area (Å²) in [5.41, 5.74) is 1.84. The molecular formula is C27H37N5O5S2. The van der Waals surface area contributed by atoms with Crippen molar-refractivity contribution in [3.63, 3.8) is 0 Å². The lowest BCUT2D eigenvalue weighted by molar-refractivity contribution is 0.0772. The van der Waals surface area contributed by atoms with Gasteiger partial charge in [0.25, 0.3) is 5.19 Å². The average molecular weight is 576 g/mol. The van der Waals surface area contributed by atoms with Crippen LogP contribution >= 0.6 is 11.3 Å². The number of anilines is 1. The zero-order valence-electron chi connectivity index (χ0n) is 22.9. The van der Waals surface area contributed by atoms with Crippen LogP contribution in [0.4, 0.5) is 6.01 Å². The van der Waals surface area contributed by atoms with Gasteiger partial charge in [-0.05, 0) is 56.0 Å². The number of hydrogen-bond acceptors (Lipinski definition) is 11. The van der Waals surface area contributed by atoms with E-state index < -0.39 is 20.8 Å². The lowest BCUT2D eigenvalue weighted by Gasteiger charge is -2.29. The number of piperidine rings is 1. The second-order valence-electron chi connectivity index (χ2n) is 11.3. The predicted octanol–water partition coefficient (Wildman–Crippen LogP) is 4.13. The Morgan fingerprint density at radius 1 is 1.26 bits per heavy atom. The van der Waals surface area contributed by atoms with Crippen LogP contribution < -0.4 is 15.0 Å². The highest BCUT2D eigenvalue weighted by Gasteiger charge is 2.29. The second-order valence-corrected chi connectivity index (χ2v) is 14.5. The third-order valence-corrected chi connectivity index (χ3v) is 9.90. The van der Waals surface area contributed by atoms with Gasteiger partial charge in [0.1, 0.15) is 11.5 Å². The maximum absolute atomic E-state index is 12.9. The Kier molecular flexibility index (Phi) is 8.01. The Morgan fingerprint density at radius 2 is 2.03 bits per heavy atom. The van der Waals surface area contributed by atoms with E-state index in [0.717, 1.165) is 59.5 Å². The molecule has 12 heteroatoms. The second kappa shape index (κ2) is 11.1. The molecule has 0 radical (unpaired) electrons. The predicted molar refractivity (Wildman–Crippen MR) is 153 cm³/mol. The van der Waals surface area contributed by atoms with Crippen molar-refractivity contribution in [3.8, 4) is 5.19 Å². The zero-order valence-corrected chi connectivity index (χ0v) is 24.5. The SMILES string of the molecule is CC(C)c1noc(N2CCC(Oc3nc4ccc(C5=CC(S(=O)(=O)CCC(C)(C)O)NCC5)cc4s3)CC2)n1. The van der Waals surface area contributed by atoms with Crippen molar-refractivity contribution in [2.45, 2.75) is 76.4 Å². The maximum Gasteiger partial charge on any atom is 0.324 e. The average Bonchev–Trinajstić information content (AvgIpc) is 3.55. The number of ether oxygens (including phenoxy) is 1. The zero-order chi connectivity index (χ0) is 27.8. The van der Waals surface area contributed by atoms with Gasteiger partial charge in [-0.2, -0.15) is 4.98 Å². The van der Waals surface area contributed by atoms with E-state index in [-0.39, 0.29) is 24.2 Å². The summed E-state index contributed by atoms with van der Waals surface area (Å²) >= 11 is 1.51. The number of nitrogens with zero attached hydrogens (tertiary/aromatic N) is 4. The van der Waals surface area contributed by atoms with E-state index in [9.17, 15) is 13.5 Å². The maximum atomic E-state index is 12.9. The van der Waals surface area contributed by atoms with Gasteiger partial charge in [0.15, 0.2) is 15.7 Å². The molecule has 0 aliphatic carbocycles. The Labute approximate surface area is 233 Å². The highest BCUT2D eigenvalue weighted by atomic mass is 32.2. The normalized spacial score (nSPS) is 19.6. The molecule has 1 saturated heterocycles. The molecule has 0 spiro atoms. The topological polar surface area (TPSA) is 131 Å². The molecule has 2 N–H and O–H groups in total. The number of aliphatic hydroxyl groups is 1. The first kappa shape index (κ1) is 28.0. The number of benzene rings is 1. The summed E-state index contributed by atoms with van der Waals surface area (Å²) in [4.78, 5) is 11.3. The van der Waals surface area contributed by atoms with Crippen LogP contribution in [0.1, 0.15) is 70.7 Å². The van der Waals surface area contributed by atoms with Crippen molar-refractivity contribution in [2.75, 3.05) is 30.3 Å². The lowest BCUT2D eigenvalue weighted by Crippen LogP contribution is -2.41. The summed E-state index contributed by atoms with van der Waals surface area (Å²) in [5, 5.41) is 17.0. The molecule has 10 nitrogen and oxygen atoms in total. The molecule has 1 aromatic carbocycles. The fourth-order valence-corrected chi connectivity index (χ4v) is 7.42. The molecule has 5 rings (SSSR count). The molecule has 1 fully saturated rings. The van der Waals surface area contributed by atoms with Gasteiger partial charge in [0.05, 0.1) is 21.6 Å². The van der Waals surface area contributed by atoms with Crippen LogP contribution in [0.15, 0.2) is 28.8 Å². The highest BCUT2D eigenvalue weighted by Crippen LogP contribution is 2.34. The van der Waals surface area contributed by atoms with Crippen LogP contribution in [0, 0.1) is 0 Å². The van der Waals surface area contributed by atoms with Crippen molar-refractivity contribution in [1.29, 1.82) is 0 Å². The van der Waals surface area contributed by atoms with Crippen molar-refractivity contribution in [2.24, 2.45) is 0 Å². The summed E-state index contributed by atoms with van der Waals surface area (Å²) in [5.74, 6) is 0.882. The Bertz CT molecular complexity index is 1430. The van der Waals surface area contributed by atoms with E-state index in [1.807, 2.05) is 32.1 Å². The minimum Gasteiger partial charge on any atom is -0.467 e. The lowest BCUT2D eigenvalue weighted by atomic mass is 10.0. The molecule has 0 saturated carbocycles. The molecule has 0 amide bonds. The summed E-state index contributed by atoms with van der Waals surface area (Å²) in [6.07, 6.45) is 4.48. The van der Waals surface area contributed by atoms with Gasteiger partial charge in [0.2, 0.25) is 0 Å². The summed E-state index contributed by atoms with van der Waals surface area (Å²) in [7, 11) is -3.43. The standard InChI is InChI=1S/C27H37N5O5S2/c1-17(2)24-30-25(37-31-24)32-12-8-20(9-13-32)36-26-29-21-6-5-18(15-22(21)38-26)19-7-11-28-23(16-19)39(34,35)14-10-27(3,4)33/h5-6,15-17,20,23,28,33H,7-14H2,1-4H3. The molecule has 3 aromatic rings. The van der Waals surface area contributed by atoms with E-state index in [1.54, 1.807) is 13.8 Å². The molecular weight excluding hydrogens is 538 g/mol. The van der Waals surface area contributed by atoms with Crippen molar-refractivity contribution in [1.82, 2.24) is 20.4 Å². The fourth-order valence-electron chi connectivity index (χ4n) is 4.71. The Morgan fingerprint density at radius 3 is 2.72 bits per heavy atom. The number of rotatable bonds is 9. The van der Waals surface area contributed by atoms with Gasteiger partial charge in [0, 0.05) is 38.4 Å². The molecule has 1 unspecified atom stereocenters. The van der Waals surface area contributed by atoms with Gasteiger partial charge >= 0.3 is 6.01 Å². The number of hydrogen-bond donors (Lipinski definition) is 2. The minimum atomic E-state index is -3.43. The highest BCUT2D eigenvalue weighted by molar-refractivity contribution is 7.92. The van der Waals surface area contributed by atoms with Gasteiger partial charge in [-0.1, -0.05) is 36.4 Å². The van der Waals surface area contributed by atoms with Gasteiger partial charge in [-0.3, -0.25) is 5.32 Å². The molecule has 0 bridgehead atoms. The molecule has 1 atom stereocenters. The number of thiazole rings is 1. The van der Waals surface area contributed by atoms with E-state index in [0.29, 0.717) is 17.8 Å². The van der Waals surface area contributed by atoms with Crippen LogP contribution in [0.5, 0.6) is 5.19 Å². The van der Waals surface area contributed by atoms with Crippen molar-refractivity contribution < 1.29 is 22.8 Å². The first-order valence-electron chi connectivity index (χ1n) is 13.5. The van der Waals surface area contributed by atoms with Crippen LogP contribution in [0.25, 0.3) is 15.8 Å². The van der Waals surface area contributed by atoms with E-state index in [4.69, 9.17) is 9.26 Å². The molecule has 2 aliphatic heterocycles. The number of nitrogens with one attached hydrogen (secondary N) is 1. The first-order chi connectivity index (χ1) is 18.5. The van der Waals surface area contributed by atoms with Gasteiger partial charge in [-0.25, -0.2) is 13.4 Å². The minimum absolute atomic E-state index is 0.0655. The van der Waals surface area contributed by atoms with Crippen molar-refractivity contribution >= 4 is 43.0 Å². The number of aromatic nitrogens is 3. The van der Waals surface area contributed by atoms with Gasteiger partial charge in [-0.15, -0.1) is 0 Å². The smallest absolute Gasteiger partial charge is 0.324 e. The summed E-state index contributed by atoms with van der Waals surface area (Å²) in [6, 6.07) is 6.61. The number of fused-ring (bicyclic) bond motifs is 1. The van der Waals surface area contributed by atoms with E-state index in [1.165, 1.54) is 11.3 Å². The third kappa shape index (κ3) is 6.79. The molecule has 2 aliphatic rings.